The normalized spacial score (nSPS) is 16.2. The Labute approximate surface area is 207 Å². The van der Waals surface area contributed by atoms with E-state index >= 15 is 0 Å². The van der Waals surface area contributed by atoms with Crippen LogP contribution in [-0.4, -0.2) is 77.4 Å². The Bertz CT molecular complexity index is 1240. The molecule has 0 N–H and O–H groups in total. The van der Waals surface area contributed by atoms with Gasteiger partial charge in [0.25, 0.3) is 0 Å². The quantitative estimate of drug-likeness (QED) is 0.505. The van der Waals surface area contributed by atoms with Crippen LogP contribution >= 0.6 is 11.3 Å². The van der Waals surface area contributed by atoms with Gasteiger partial charge in [0.2, 0.25) is 11.8 Å². The number of carbonyl (C=O) groups excluding carboxylic acids is 3. The molecule has 3 aromatic rings. The summed E-state index contributed by atoms with van der Waals surface area (Å²) in [7, 11) is 1.31. The average Bonchev–Trinajstić information content (AvgIpc) is 3.32. The molecule has 10 heteroatoms. The lowest BCUT2D eigenvalue weighted by atomic mass is 10.1. The third-order valence-corrected chi connectivity index (χ3v) is 7.34. The van der Waals surface area contributed by atoms with E-state index in [1.165, 1.54) is 13.3 Å². The Morgan fingerprint density at radius 3 is 2.60 bits per heavy atom. The van der Waals surface area contributed by atoms with Gasteiger partial charge in [-0.2, -0.15) is 0 Å². The summed E-state index contributed by atoms with van der Waals surface area (Å²) in [5.74, 6) is -0.0971. The third kappa shape index (κ3) is 4.94. The standard InChI is InChI=1S/C25H25N5O4S/c1-34-25(33)18-7-8-21(26-13-18)30-12-11-28(16-23(30)32)15-22(31)29-10-9-19-20(14-29)35-24(27-19)17-5-3-2-4-6-17/h2-8,13H,9-12,14-16H2,1H3. The van der Waals surface area contributed by atoms with Crippen molar-refractivity contribution in [1.82, 2.24) is 19.8 Å². The van der Waals surface area contributed by atoms with Gasteiger partial charge in [-0.05, 0) is 12.1 Å². The lowest BCUT2D eigenvalue weighted by Crippen LogP contribution is -2.53. The summed E-state index contributed by atoms with van der Waals surface area (Å²) < 4.78 is 4.68. The number of hydrogen-bond donors (Lipinski definition) is 0. The molecule has 2 amide bonds. The SMILES string of the molecule is COC(=O)c1ccc(N2CCN(CC(=O)N3CCc4nc(-c5ccccc5)sc4C3)CC2=O)nc1. The molecule has 1 fully saturated rings. The number of anilines is 1. The predicted octanol–water partition coefficient (Wildman–Crippen LogP) is 2.23. The van der Waals surface area contributed by atoms with Crippen molar-refractivity contribution in [2.75, 3.05) is 44.7 Å². The maximum atomic E-state index is 13.0. The van der Waals surface area contributed by atoms with Crippen molar-refractivity contribution >= 4 is 34.9 Å². The average molecular weight is 492 g/mol. The van der Waals surface area contributed by atoms with Crippen LogP contribution in [0, 0.1) is 0 Å². The van der Waals surface area contributed by atoms with Crippen LogP contribution in [-0.2, 0) is 27.3 Å². The maximum absolute atomic E-state index is 13.0. The van der Waals surface area contributed by atoms with Crippen molar-refractivity contribution in [3.8, 4) is 10.6 Å². The first-order valence-electron chi connectivity index (χ1n) is 11.4. The number of esters is 1. The third-order valence-electron chi connectivity index (χ3n) is 6.21. The lowest BCUT2D eigenvalue weighted by Gasteiger charge is -2.35. The molecular formula is C25H25N5O4S. The van der Waals surface area contributed by atoms with E-state index in [4.69, 9.17) is 4.98 Å². The van der Waals surface area contributed by atoms with Gasteiger partial charge in [0.1, 0.15) is 10.8 Å². The van der Waals surface area contributed by atoms with Crippen LogP contribution in [0.4, 0.5) is 5.82 Å². The molecule has 2 aliphatic heterocycles. The Morgan fingerprint density at radius 2 is 1.89 bits per heavy atom. The summed E-state index contributed by atoms with van der Waals surface area (Å²) >= 11 is 1.64. The largest absolute Gasteiger partial charge is 0.465 e. The smallest absolute Gasteiger partial charge is 0.339 e. The summed E-state index contributed by atoms with van der Waals surface area (Å²) in [6, 6.07) is 13.3. The number of benzene rings is 1. The molecule has 1 saturated heterocycles. The first-order valence-corrected chi connectivity index (χ1v) is 12.2. The van der Waals surface area contributed by atoms with Gasteiger partial charge in [-0.1, -0.05) is 30.3 Å². The second-order valence-electron chi connectivity index (χ2n) is 8.47. The first kappa shape index (κ1) is 23.1. The molecule has 35 heavy (non-hydrogen) atoms. The highest BCUT2D eigenvalue weighted by molar-refractivity contribution is 7.15. The predicted molar refractivity (Wildman–Crippen MR) is 131 cm³/mol. The monoisotopic (exact) mass is 491 g/mol. The van der Waals surface area contributed by atoms with Gasteiger partial charge in [-0.3, -0.25) is 19.4 Å². The number of nitrogens with zero attached hydrogens (tertiary/aromatic N) is 5. The number of methoxy groups -OCH3 is 1. The van der Waals surface area contributed by atoms with E-state index in [1.807, 2.05) is 40.1 Å². The number of thiazole rings is 1. The number of aromatic nitrogens is 2. The Kier molecular flexibility index (Phi) is 6.56. The molecular weight excluding hydrogens is 466 g/mol. The van der Waals surface area contributed by atoms with Crippen LogP contribution in [0.1, 0.15) is 20.9 Å². The van der Waals surface area contributed by atoms with Crippen molar-refractivity contribution in [3.05, 3.63) is 64.8 Å². The molecule has 0 atom stereocenters. The highest BCUT2D eigenvalue weighted by Gasteiger charge is 2.30. The van der Waals surface area contributed by atoms with E-state index in [2.05, 4.69) is 9.72 Å². The molecule has 180 valence electrons. The maximum Gasteiger partial charge on any atom is 0.339 e. The fourth-order valence-electron chi connectivity index (χ4n) is 4.29. The van der Waals surface area contributed by atoms with Crippen LogP contribution in [0.25, 0.3) is 10.6 Å². The number of hydrogen-bond acceptors (Lipinski definition) is 8. The van der Waals surface area contributed by atoms with Gasteiger partial charge in [-0.25, -0.2) is 14.8 Å². The van der Waals surface area contributed by atoms with Crippen molar-refractivity contribution < 1.29 is 19.1 Å². The Morgan fingerprint density at radius 1 is 1.06 bits per heavy atom. The molecule has 0 saturated carbocycles. The Hall–Kier alpha value is -3.63. The summed E-state index contributed by atoms with van der Waals surface area (Å²) in [6.45, 7) is 2.53. The minimum atomic E-state index is -0.474. The van der Waals surface area contributed by atoms with E-state index in [-0.39, 0.29) is 24.9 Å². The topological polar surface area (TPSA) is 95.9 Å². The molecule has 5 rings (SSSR count). The molecule has 2 aliphatic rings. The minimum Gasteiger partial charge on any atom is -0.465 e. The molecule has 0 bridgehead atoms. The summed E-state index contributed by atoms with van der Waals surface area (Å²) in [4.78, 5) is 52.8. The van der Waals surface area contributed by atoms with Crippen molar-refractivity contribution in [2.45, 2.75) is 13.0 Å². The van der Waals surface area contributed by atoms with Crippen LogP contribution in [0.15, 0.2) is 48.7 Å². The minimum absolute atomic E-state index is 0.0205. The molecule has 0 radical (unpaired) electrons. The van der Waals surface area contributed by atoms with E-state index in [0.29, 0.717) is 37.6 Å². The zero-order valence-electron chi connectivity index (χ0n) is 19.3. The molecule has 0 aliphatic carbocycles. The van der Waals surface area contributed by atoms with Crippen molar-refractivity contribution in [2.24, 2.45) is 0 Å². The van der Waals surface area contributed by atoms with Gasteiger partial charge in [0.05, 0.1) is 38.0 Å². The molecule has 4 heterocycles. The summed E-state index contributed by atoms with van der Waals surface area (Å²) in [5.41, 5.74) is 2.50. The van der Waals surface area contributed by atoms with Crippen molar-refractivity contribution in [1.29, 1.82) is 0 Å². The zero-order chi connectivity index (χ0) is 24.4. The number of carbonyl (C=O) groups is 3. The first-order chi connectivity index (χ1) is 17.0. The van der Waals surface area contributed by atoms with Crippen LogP contribution in [0.3, 0.4) is 0 Å². The summed E-state index contributed by atoms with van der Waals surface area (Å²) in [5, 5.41) is 0.986. The second kappa shape index (κ2) is 9.93. The molecule has 0 spiro atoms. The van der Waals surface area contributed by atoms with E-state index < -0.39 is 5.97 Å². The number of rotatable bonds is 5. The van der Waals surface area contributed by atoms with Crippen molar-refractivity contribution in [3.63, 3.8) is 0 Å². The van der Waals surface area contributed by atoms with Gasteiger partial charge < -0.3 is 9.64 Å². The molecule has 0 unspecified atom stereocenters. The number of pyridine rings is 1. The Balaban J connectivity index is 1.17. The fraction of sp³-hybridized carbons (Fsp3) is 0.320. The van der Waals surface area contributed by atoms with Gasteiger partial charge in [0.15, 0.2) is 0 Å². The fourth-order valence-corrected chi connectivity index (χ4v) is 5.42. The number of amides is 2. The van der Waals surface area contributed by atoms with Gasteiger partial charge >= 0.3 is 5.97 Å². The highest BCUT2D eigenvalue weighted by atomic mass is 32.1. The summed E-state index contributed by atoms with van der Waals surface area (Å²) in [6.07, 6.45) is 2.14. The van der Waals surface area contributed by atoms with E-state index in [9.17, 15) is 14.4 Å². The van der Waals surface area contributed by atoms with E-state index in [1.54, 1.807) is 28.4 Å². The molecule has 9 nitrogen and oxygen atoms in total. The lowest BCUT2D eigenvalue weighted by molar-refractivity contribution is -0.134. The highest BCUT2D eigenvalue weighted by Crippen LogP contribution is 2.31. The van der Waals surface area contributed by atoms with Gasteiger partial charge in [-0.15, -0.1) is 11.3 Å². The number of fused-ring (bicyclic) bond motifs is 1. The van der Waals surface area contributed by atoms with E-state index in [0.717, 1.165) is 27.6 Å². The van der Waals surface area contributed by atoms with Crippen LogP contribution < -0.4 is 4.90 Å². The molecule has 2 aromatic heterocycles. The number of ether oxygens (including phenoxy) is 1. The van der Waals surface area contributed by atoms with Crippen LogP contribution in [0.2, 0.25) is 0 Å². The van der Waals surface area contributed by atoms with Crippen LogP contribution in [0.5, 0.6) is 0 Å². The second-order valence-corrected chi connectivity index (χ2v) is 9.56. The zero-order valence-corrected chi connectivity index (χ0v) is 20.2. The molecule has 1 aromatic carbocycles. The number of piperazine rings is 1. The van der Waals surface area contributed by atoms with Gasteiger partial charge in [0, 0.05) is 42.7 Å².